The molecule has 0 aliphatic carbocycles. The van der Waals surface area contributed by atoms with Gasteiger partial charge in [-0.1, -0.05) is 6.07 Å². The van der Waals surface area contributed by atoms with Crippen molar-refractivity contribution >= 4 is 17.7 Å². The van der Waals surface area contributed by atoms with Crippen LogP contribution < -0.4 is 5.73 Å². The normalized spacial score (nSPS) is 11.7. The number of amides is 1. The second-order valence-corrected chi connectivity index (χ2v) is 4.22. The van der Waals surface area contributed by atoms with Gasteiger partial charge in [0.2, 0.25) is 5.91 Å². The molecule has 1 aromatic rings. The summed E-state index contributed by atoms with van der Waals surface area (Å²) in [7, 11) is 0. The third-order valence-corrected chi connectivity index (χ3v) is 2.79. The van der Waals surface area contributed by atoms with E-state index in [1.54, 1.807) is 25.1 Å². The summed E-state index contributed by atoms with van der Waals surface area (Å²) < 4.78 is 0. The molecule has 0 saturated heterocycles. The van der Waals surface area contributed by atoms with E-state index in [1.807, 2.05) is 12.1 Å². The predicted molar refractivity (Wildman–Crippen MR) is 55.7 cm³/mol. The summed E-state index contributed by atoms with van der Waals surface area (Å²) in [5.41, 5.74) is 5.72. The number of hydrogen-bond acceptors (Lipinski definition) is 3. The smallest absolute Gasteiger partial charge is 0.230 e. The van der Waals surface area contributed by atoms with Crippen LogP contribution in [0.1, 0.15) is 12.5 Å². The van der Waals surface area contributed by atoms with Crippen LogP contribution in [0, 0.1) is 11.3 Å². The van der Waals surface area contributed by atoms with E-state index < -0.39 is 0 Å². The van der Waals surface area contributed by atoms with Gasteiger partial charge in [-0.25, -0.2) is 0 Å². The Morgan fingerprint density at radius 3 is 2.93 bits per heavy atom. The number of carbonyl (C=O) groups is 1. The maximum atomic E-state index is 10.8. The lowest BCUT2D eigenvalue weighted by molar-refractivity contribution is -0.117. The van der Waals surface area contributed by atoms with Crippen molar-refractivity contribution in [1.29, 1.82) is 5.26 Å². The van der Waals surface area contributed by atoms with Gasteiger partial charge >= 0.3 is 0 Å². The van der Waals surface area contributed by atoms with Gasteiger partial charge in [0.05, 0.1) is 16.9 Å². The average Bonchev–Trinajstić information content (AvgIpc) is 2.18. The van der Waals surface area contributed by atoms with Gasteiger partial charge in [-0.2, -0.15) is 5.26 Å². The molecule has 1 atom stereocenters. The molecule has 1 rings (SSSR count). The summed E-state index contributed by atoms with van der Waals surface area (Å²) in [4.78, 5) is 11.7. The van der Waals surface area contributed by atoms with Gasteiger partial charge in [-0.15, -0.1) is 11.8 Å². The lowest BCUT2D eigenvalue weighted by atomic mass is 10.2. The zero-order chi connectivity index (χ0) is 10.6. The highest BCUT2D eigenvalue weighted by molar-refractivity contribution is 8.00. The molecule has 0 aromatic heterocycles. The molecule has 0 spiro atoms. The molecule has 0 bridgehead atoms. The van der Waals surface area contributed by atoms with E-state index in [1.165, 1.54) is 11.8 Å². The van der Waals surface area contributed by atoms with E-state index >= 15 is 0 Å². The molecule has 0 fully saturated rings. The second kappa shape index (κ2) is 4.68. The summed E-state index contributed by atoms with van der Waals surface area (Å²) in [5.74, 6) is -0.350. The number of nitrogens with two attached hydrogens (primary N) is 1. The minimum absolute atomic E-state index is 0.274. The quantitative estimate of drug-likeness (QED) is 0.762. The largest absolute Gasteiger partial charge is 0.369 e. The molecule has 0 aliphatic rings. The third kappa shape index (κ3) is 2.79. The number of benzene rings is 1. The number of nitriles is 1. The number of primary amides is 1. The molecule has 0 unspecified atom stereocenters. The van der Waals surface area contributed by atoms with E-state index in [2.05, 4.69) is 0 Å². The van der Waals surface area contributed by atoms with Gasteiger partial charge in [-0.3, -0.25) is 4.79 Å². The molecule has 0 aliphatic heterocycles. The summed E-state index contributed by atoms with van der Waals surface area (Å²) in [5, 5.41) is 8.38. The molecule has 72 valence electrons. The molecule has 2 N–H and O–H groups in total. The van der Waals surface area contributed by atoms with Crippen molar-refractivity contribution < 1.29 is 4.79 Å². The topological polar surface area (TPSA) is 66.9 Å². The van der Waals surface area contributed by atoms with E-state index in [0.29, 0.717) is 5.56 Å². The molecule has 0 radical (unpaired) electrons. The summed E-state index contributed by atoms with van der Waals surface area (Å²) in [6.45, 7) is 1.74. The van der Waals surface area contributed by atoms with Gasteiger partial charge < -0.3 is 5.73 Å². The van der Waals surface area contributed by atoms with Crippen LogP contribution in [-0.2, 0) is 4.79 Å². The Hall–Kier alpha value is -1.47. The Morgan fingerprint density at radius 2 is 2.36 bits per heavy atom. The van der Waals surface area contributed by atoms with E-state index in [0.717, 1.165) is 4.90 Å². The Morgan fingerprint density at radius 1 is 1.64 bits per heavy atom. The van der Waals surface area contributed by atoms with Crippen molar-refractivity contribution in [1.82, 2.24) is 0 Å². The van der Waals surface area contributed by atoms with Crippen LogP contribution >= 0.6 is 11.8 Å². The molecule has 14 heavy (non-hydrogen) atoms. The lowest BCUT2D eigenvalue weighted by Gasteiger charge is -2.06. The highest BCUT2D eigenvalue weighted by atomic mass is 32.2. The van der Waals surface area contributed by atoms with Gasteiger partial charge in [0.25, 0.3) is 0 Å². The molecule has 0 heterocycles. The monoisotopic (exact) mass is 206 g/mol. The van der Waals surface area contributed by atoms with E-state index in [4.69, 9.17) is 11.0 Å². The number of hydrogen-bond donors (Lipinski definition) is 1. The number of carbonyl (C=O) groups excluding carboxylic acids is 1. The predicted octanol–water partition coefficient (Wildman–Crippen LogP) is 1.52. The maximum absolute atomic E-state index is 10.8. The van der Waals surface area contributed by atoms with Gasteiger partial charge in [-0.05, 0) is 25.1 Å². The fraction of sp³-hybridized carbons (Fsp3) is 0.200. The first-order valence-electron chi connectivity index (χ1n) is 4.09. The van der Waals surface area contributed by atoms with Gasteiger partial charge in [0.1, 0.15) is 0 Å². The fourth-order valence-corrected chi connectivity index (χ4v) is 1.78. The molecule has 0 saturated carbocycles. The minimum Gasteiger partial charge on any atom is -0.369 e. The van der Waals surface area contributed by atoms with Crippen LogP contribution in [0.4, 0.5) is 0 Å². The van der Waals surface area contributed by atoms with Crippen molar-refractivity contribution in [3.05, 3.63) is 29.8 Å². The van der Waals surface area contributed by atoms with Crippen LogP contribution in [0.15, 0.2) is 29.2 Å². The molecule has 4 heteroatoms. The summed E-state index contributed by atoms with van der Waals surface area (Å²) >= 11 is 1.36. The van der Waals surface area contributed by atoms with Gasteiger partial charge in [0.15, 0.2) is 0 Å². The van der Waals surface area contributed by atoms with Crippen molar-refractivity contribution in [2.45, 2.75) is 17.1 Å². The highest BCUT2D eigenvalue weighted by Crippen LogP contribution is 2.23. The fourth-order valence-electron chi connectivity index (χ4n) is 0.901. The Bertz CT molecular complexity index is 384. The zero-order valence-corrected chi connectivity index (χ0v) is 8.54. The SMILES string of the molecule is C[C@H](Sc1cccc(C#N)c1)C(N)=O. The van der Waals surface area contributed by atoms with E-state index in [9.17, 15) is 4.79 Å². The first kappa shape index (κ1) is 10.6. The lowest BCUT2D eigenvalue weighted by Crippen LogP contribution is -2.22. The molecule has 3 nitrogen and oxygen atoms in total. The first-order chi connectivity index (χ1) is 6.63. The zero-order valence-electron chi connectivity index (χ0n) is 7.73. The number of rotatable bonds is 3. The Balaban J connectivity index is 2.78. The number of nitrogens with zero attached hydrogens (tertiary/aromatic N) is 1. The standard InChI is InChI=1S/C10H10N2OS/c1-7(10(12)13)14-9-4-2-3-8(5-9)6-11/h2-5,7H,1H3,(H2,12,13)/t7-/m0/s1. The van der Waals surface area contributed by atoms with Crippen LogP contribution in [0.3, 0.4) is 0 Å². The Labute approximate surface area is 86.9 Å². The van der Waals surface area contributed by atoms with Crippen LogP contribution in [-0.4, -0.2) is 11.2 Å². The van der Waals surface area contributed by atoms with Crippen molar-refractivity contribution in [3.63, 3.8) is 0 Å². The molecular weight excluding hydrogens is 196 g/mol. The Kier molecular flexibility index (Phi) is 3.55. The summed E-state index contributed by atoms with van der Waals surface area (Å²) in [6, 6.07) is 9.14. The van der Waals surface area contributed by atoms with Gasteiger partial charge in [0, 0.05) is 4.90 Å². The second-order valence-electron chi connectivity index (χ2n) is 2.80. The van der Waals surface area contributed by atoms with Crippen LogP contribution in [0.2, 0.25) is 0 Å². The summed E-state index contributed by atoms with van der Waals surface area (Å²) in [6.07, 6.45) is 0. The maximum Gasteiger partial charge on any atom is 0.230 e. The van der Waals surface area contributed by atoms with E-state index in [-0.39, 0.29) is 11.2 Å². The molecule has 1 aromatic carbocycles. The first-order valence-corrected chi connectivity index (χ1v) is 4.97. The molecule has 1 amide bonds. The average molecular weight is 206 g/mol. The molecular formula is C10H10N2OS. The number of thioether (sulfide) groups is 1. The van der Waals surface area contributed by atoms with Crippen molar-refractivity contribution in [3.8, 4) is 6.07 Å². The van der Waals surface area contributed by atoms with Crippen LogP contribution in [0.5, 0.6) is 0 Å². The van der Waals surface area contributed by atoms with Crippen molar-refractivity contribution in [2.75, 3.05) is 0 Å². The third-order valence-electron chi connectivity index (χ3n) is 1.68. The minimum atomic E-state index is -0.350. The van der Waals surface area contributed by atoms with Crippen molar-refractivity contribution in [2.24, 2.45) is 5.73 Å². The van der Waals surface area contributed by atoms with Crippen LogP contribution in [0.25, 0.3) is 0 Å². The highest BCUT2D eigenvalue weighted by Gasteiger charge is 2.09.